The molecule has 0 radical (unpaired) electrons. The molecular formula is C12H28O6Si. The molecule has 0 heterocycles. The van der Waals surface area contributed by atoms with Crippen LogP contribution in [0.15, 0.2) is 0 Å². The SMILES string of the molecule is CO[Si](CCC(O)COCCO)(OC)OC(C)(C)C. The fraction of sp³-hybridized carbons (Fsp3) is 1.00. The Bertz CT molecular complexity index is 227. The van der Waals surface area contributed by atoms with E-state index in [0.29, 0.717) is 12.5 Å². The Labute approximate surface area is 117 Å². The molecule has 0 aliphatic heterocycles. The lowest BCUT2D eigenvalue weighted by Gasteiger charge is -2.34. The summed E-state index contributed by atoms with van der Waals surface area (Å²) in [5.41, 5.74) is -0.365. The van der Waals surface area contributed by atoms with Crippen molar-refractivity contribution in [1.82, 2.24) is 0 Å². The van der Waals surface area contributed by atoms with Crippen LogP contribution in [0.3, 0.4) is 0 Å². The molecule has 1 unspecified atom stereocenters. The second-order valence-electron chi connectivity index (χ2n) is 5.30. The van der Waals surface area contributed by atoms with Gasteiger partial charge in [-0.1, -0.05) is 0 Å². The van der Waals surface area contributed by atoms with E-state index < -0.39 is 14.9 Å². The number of aliphatic hydroxyl groups excluding tert-OH is 2. The fourth-order valence-corrected chi connectivity index (χ4v) is 4.06. The van der Waals surface area contributed by atoms with Gasteiger partial charge in [0.05, 0.1) is 31.5 Å². The highest BCUT2D eigenvalue weighted by molar-refractivity contribution is 6.60. The highest BCUT2D eigenvalue weighted by atomic mass is 28.4. The van der Waals surface area contributed by atoms with Crippen LogP contribution in [-0.4, -0.2) is 64.8 Å². The van der Waals surface area contributed by atoms with Crippen molar-refractivity contribution < 1.29 is 28.2 Å². The Kier molecular flexibility index (Phi) is 9.00. The molecule has 0 aliphatic carbocycles. The molecule has 1 atom stereocenters. The standard InChI is InChI=1S/C12H28O6Si/c1-12(2,3)18-19(15-4,16-5)9-6-11(14)10-17-8-7-13/h11,13-14H,6-10H2,1-5H3. The van der Waals surface area contributed by atoms with E-state index in [1.807, 2.05) is 20.8 Å². The molecule has 0 aromatic rings. The van der Waals surface area contributed by atoms with Gasteiger partial charge in [-0.3, -0.25) is 0 Å². The average Bonchev–Trinajstić information content (AvgIpc) is 2.33. The predicted molar refractivity (Wildman–Crippen MR) is 73.9 cm³/mol. The van der Waals surface area contributed by atoms with Crippen LogP contribution in [0.2, 0.25) is 6.04 Å². The van der Waals surface area contributed by atoms with E-state index in [0.717, 1.165) is 0 Å². The number of aliphatic hydroxyl groups is 2. The first-order valence-electron chi connectivity index (χ1n) is 6.45. The normalized spacial score (nSPS) is 14.7. The third kappa shape index (κ3) is 8.69. The van der Waals surface area contributed by atoms with Crippen LogP contribution in [0.25, 0.3) is 0 Å². The molecule has 0 amide bonds. The zero-order chi connectivity index (χ0) is 14.9. The zero-order valence-corrected chi connectivity index (χ0v) is 13.6. The van der Waals surface area contributed by atoms with E-state index in [1.165, 1.54) is 0 Å². The van der Waals surface area contributed by atoms with Crippen LogP contribution >= 0.6 is 0 Å². The fourth-order valence-electron chi connectivity index (χ4n) is 1.60. The van der Waals surface area contributed by atoms with Gasteiger partial charge in [-0.2, -0.15) is 0 Å². The summed E-state index contributed by atoms with van der Waals surface area (Å²) in [6.45, 7) is 6.18. The summed E-state index contributed by atoms with van der Waals surface area (Å²) in [5, 5.41) is 18.4. The Hall–Kier alpha value is -0.0231. The molecule has 0 aromatic heterocycles. The quantitative estimate of drug-likeness (QED) is 0.458. The minimum Gasteiger partial charge on any atom is -0.394 e. The summed E-state index contributed by atoms with van der Waals surface area (Å²) in [6, 6.07) is 0.515. The minimum absolute atomic E-state index is 0.0469. The van der Waals surface area contributed by atoms with Crippen LogP contribution in [0.5, 0.6) is 0 Å². The van der Waals surface area contributed by atoms with Crippen LogP contribution in [0.4, 0.5) is 0 Å². The molecule has 0 saturated carbocycles. The molecule has 2 N–H and O–H groups in total. The van der Waals surface area contributed by atoms with Gasteiger partial charge in [0.25, 0.3) is 0 Å². The van der Waals surface area contributed by atoms with Crippen molar-refractivity contribution in [2.45, 2.75) is 44.9 Å². The summed E-state index contributed by atoms with van der Waals surface area (Å²) in [5.74, 6) is 0. The van der Waals surface area contributed by atoms with Gasteiger partial charge in [0.2, 0.25) is 0 Å². The molecule has 0 aliphatic rings. The van der Waals surface area contributed by atoms with Crippen molar-refractivity contribution in [1.29, 1.82) is 0 Å². The van der Waals surface area contributed by atoms with Crippen molar-refractivity contribution in [3.8, 4) is 0 Å². The maximum Gasteiger partial charge on any atom is 0.500 e. The predicted octanol–water partition coefficient (Wildman–Crippen LogP) is 0.793. The number of ether oxygens (including phenoxy) is 1. The van der Waals surface area contributed by atoms with E-state index in [1.54, 1.807) is 14.2 Å². The maximum absolute atomic E-state index is 9.78. The monoisotopic (exact) mass is 296 g/mol. The second kappa shape index (κ2) is 9.01. The third-order valence-corrected chi connectivity index (χ3v) is 5.48. The van der Waals surface area contributed by atoms with E-state index in [4.69, 9.17) is 23.1 Å². The van der Waals surface area contributed by atoms with E-state index in [-0.39, 0.29) is 25.4 Å². The molecule has 0 aromatic carbocycles. The molecule has 0 saturated heterocycles. The topological polar surface area (TPSA) is 77.4 Å². The molecule has 0 spiro atoms. The lowest BCUT2D eigenvalue weighted by molar-refractivity contribution is 0.00235. The first-order valence-corrected chi connectivity index (χ1v) is 8.39. The summed E-state index contributed by atoms with van der Waals surface area (Å²) in [4.78, 5) is 0. The molecule has 0 bridgehead atoms. The highest BCUT2D eigenvalue weighted by Crippen LogP contribution is 2.24. The Morgan fingerprint density at radius 3 is 2.16 bits per heavy atom. The molecule has 19 heavy (non-hydrogen) atoms. The van der Waals surface area contributed by atoms with E-state index in [2.05, 4.69) is 0 Å². The largest absolute Gasteiger partial charge is 0.500 e. The van der Waals surface area contributed by atoms with E-state index in [9.17, 15) is 5.11 Å². The summed E-state index contributed by atoms with van der Waals surface area (Å²) in [7, 11) is 0.377. The maximum atomic E-state index is 9.78. The molecule has 0 fully saturated rings. The highest BCUT2D eigenvalue weighted by Gasteiger charge is 2.42. The Balaban J connectivity index is 4.27. The van der Waals surface area contributed by atoms with Gasteiger partial charge in [0, 0.05) is 20.3 Å². The first kappa shape index (κ1) is 19.0. The van der Waals surface area contributed by atoms with Crippen molar-refractivity contribution >= 4 is 8.80 Å². The van der Waals surface area contributed by atoms with Crippen molar-refractivity contribution in [2.24, 2.45) is 0 Å². The Morgan fingerprint density at radius 2 is 1.74 bits per heavy atom. The van der Waals surface area contributed by atoms with Crippen molar-refractivity contribution in [3.05, 3.63) is 0 Å². The van der Waals surface area contributed by atoms with Gasteiger partial charge < -0.3 is 28.2 Å². The van der Waals surface area contributed by atoms with Gasteiger partial charge in [0.1, 0.15) is 0 Å². The number of hydrogen-bond acceptors (Lipinski definition) is 6. The molecule has 7 heteroatoms. The van der Waals surface area contributed by atoms with Gasteiger partial charge in [0.15, 0.2) is 0 Å². The van der Waals surface area contributed by atoms with Crippen molar-refractivity contribution in [3.63, 3.8) is 0 Å². The third-order valence-electron chi connectivity index (χ3n) is 2.41. The average molecular weight is 296 g/mol. The van der Waals surface area contributed by atoms with Crippen LogP contribution in [-0.2, 0) is 18.0 Å². The summed E-state index contributed by atoms with van der Waals surface area (Å²) in [6.07, 6.45) is -0.151. The summed E-state index contributed by atoms with van der Waals surface area (Å²) >= 11 is 0. The summed E-state index contributed by atoms with van der Waals surface area (Å²) < 4.78 is 21.9. The molecule has 0 rings (SSSR count). The minimum atomic E-state index is -2.75. The van der Waals surface area contributed by atoms with Crippen molar-refractivity contribution in [2.75, 3.05) is 34.0 Å². The lowest BCUT2D eigenvalue weighted by Crippen LogP contribution is -2.49. The first-order chi connectivity index (χ1) is 8.78. The zero-order valence-electron chi connectivity index (χ0n) is 12.6. The van der Waals surface area contributed by atoms with Crippen LogP contribution < -0.4 is 0 Å². The number of rotatable bonds is 10. The van der Waals surface area contributed by atoms with Gasteiger partial charge in [-0.05, 0) is 27.2 Å². The molecule has 116 valence electrons. The van der Waals surface area contributed by atoms with Gasteiger partial charge in [-0.15, -0.1) is 0 Å². The lowest BCUT2D eigenvalue weighted by atomic mass is 10.2. The van der Waals surface area contributed by atoms with E-state index >= 15 is 0 Å². The smallest absolute Gasteiger partial charge is 0.394 e. The van der Waals surface area contributed by atoms with Crippen LogP contribution in [0.1, 0.15) is 27.2 Å². The van der Waals surface area contributed by atoms with Crippen LogP contribution in [0, 0.1) is 0 Å². The molecule has 6 nitrogen and oxygen atoms in total. The second-order valence-corrected chi connectivity index (χ2v) is 8.18. The number of hydrogen-bond donors (Lipinski definition) is 2. The Morgan fingerprint density at radius 1 is 1.16 bits per heavy atom. The van der Waals surface area contributed by atoms with Gasteiger partial charge >= 0.3 is 8.80 Å². The molecular weight excluding hydrogens is 268 g/mol. The van der Waals surface area contributed by atoms with Gasteiger partial charge in [-0.25, -0.2) is 0 Å².